The molecule has 26 heavy (non-hydrogen) atoms. The Balaban J connectivity index is 1.83. The molecule has 3 aromatic rings. The monoisotopic (exact) mass is 391 g/mol. The molecule has 2 aromatic carbocycles. The van der Waals surface area contributed by atoms with Crippen LogP contribution < -0.4 is 14.8 Å². The fourth-order valence-electron chi connectivity index (χ4n) is 2.31. The van der Waals surface area contributed by atoms with E-state index in [0.717, 1.165) is 0 Å². The van der Waals surface area contributed by atoms with Gasteiger partial charge in [-0.1, -0.05) is 18.3 Å². The Morgan fingerprint density at radius 1 is 1.19 bits per heavy atom. The molecule has 9 heteroatoms. The predicted octanol–water partition coefficient (Wildman–Crippen LogP) is 2.86. The first kappa shape index (κ1) is 18.3. The zero-order chi connectivity index (χ0) is 18.7. The van der Waals surface area contributed by atoms with Crippen LogP contribution in [0.1, 0.15) is 17.3 Å². The molecular weight excluding hydrogens is 374 g/mol. The predicted molar refractivity (Wildman–Crippen MR) is 101 cm³/mol. The number of fused-ring (bicyclic) bond motifs is 1. The molecular formula is C17H17N3O4S2. The molecule has 136 valence electrons. The molecule has 1 amide bonds. The van der Waals surface area contributed by atoms with Crippen molar-refractivity contribution < 1.29 is 17.9 Å². The number of carbonyl (C=O) groups is 1. The summed E-state index contributed by atoms with van der Waals surface area (Å²) in [6, 6.07) is 11.4. The van der Waals surface area contributed by atoms with Crippen LogP contribution in [0.2, 0.25) is 0 Å². The van der Waals surface area contributed by atoms with Crippen LogP contribution in [0.4, 0.5) is 5.13 Å². The summed E-state index contributed by atoms with van der Waals surface area (Å²) in [4.78, 5) is 16.8. The molecule has 1 heterocycles. The number of anilines is 1. The van der Waals surface area contributed by atoms with Crippen LogP contribution in [0, 0.1) is 0 Å². The lowest BCUT2D eigenvalue weighted by atomic mass is 10.2. The average Bonchev–Trinajstić information content (AvgIpc) is 3.03. The number of amides is 1. The van der Waals surface area contributed by atoms with Crippen molar-refractivity contribution in [2.24, 2.45) is 0 Å². The summed E-state index contributed by atoms with van der Waals surface area (Å²) in [7, 11) is -1.98. The molecule has 3 rings (SSSR count). The number of hydrogen-bond acceptors (Lipinski definition) is 6. The molecule has 0 saturated heterocycles. The minimum Gasteiger partial charge on any atom is -0.497 e. The van der Waals surface area contributed by atoms with Gasteiger partial charge < -0.3 is 4.74 Å². The van der Waals surface area contributed by atoms with E-state index >= 15 is 0 Å². The van der Waals surface area contributed by atoms with Crippen molar-refractivity contribution in [3.63, 3.8) is 0 Å². The molecule has 0 aliphatic heterocycles. The molecule has 0 unspecified atom stereocenters. The number of benzene rings is 2. The van der Waals surface area contributed by atoms with E-state index in [4.69, 9.17) is 4.74 Å². The normalized spacial score (nSPS) is 11.5. The summed E-state index contributed by atoms with van der Waals surface area (Å²) in [6.07, 6.45) is 0. The molecule has 0 radical (unpaired) electrons. The van der Waals surface area contributed by atoms with Crippen LogP contribution in [-0.2, 0) is 10.0 Å². The largest absolute Gasteiger partial charge is 0.497 e. The minimum absolute atomic E-state index is 0.170. The number of methoxy groups -OCH3 is 1. The zero-order valence-corrected chi connectivity index (χ0v) is 15.8. The highest BCUT2D eigenvalue weighted by molar-refractivity contribution is 7.89. The van der Waals surface area contributed by atoms with Crippen molar-refractivity contribution in [3.05, 3.63) is 48.0 Å². The van der Waals surface area contributed by atoms with Crippen molar-refractivity contribution >= 4 is 42.6 Å². The molecule has 7 nitrogen and oxygen atoms in total. The third-order valence-corrected chi connectivity index (χ3v) is 6.05. The maximum atomic E-state index is 12.3. The summed E-state index contributed by atoms with van der Waals surface area (Å²) >= 11 is 1.22. The van der Waals surface area contributed by atoms with Crippen LogP contribution in [0.3, 0.4) is 0 Å². The topological polar surface area (TPSA) is 97.4 Å². The second-order valence-corrected chi connectivity index (χ2v) is 8.13. The van der Waals surface area contributed by atoms with Gasteiger partial charge in [0, 0.05) is 12.1 Å². The molecule has 0 fully saturated rings. The Labute approximate surface area is 155 Å². The van der Waals surface area contributed by atoms with Crippen LogP contribution in [-0.4, -0.2) is 33.0 Å². The van der Waals surface area contributed by atoms with Crippen LogP contribution in [0.25, 0.3) is 10.2 Å². The Kier molecular flexibility index (Phi) is 5.21. The van der Waals surface area contributed by atoms with Gasteiger partial charge in [0.1, 0.15) is 5.75 Å². The second kappa shape index (κ2) is 7.40. The molecule has 0 atom stereocenters. The van der Waals surface area contributed by atoms with Gasteiger partial charge in [-0.25, -0.2) is 18.1 Å². The Hall–Kier alpha value is -2.49. The standard InChI is InChI=1S/C17H17N3O4S2/c1-3-18-26(22,23)13-8-9-14-15(10-13)25-17(19-14)20-16(21)11-4-6-12(24-2)7-5-11/h4-10,18H,3H2,1-2H3,(H,19,20,21). The van der Waals surface area contributed by atoms with Crippen molar-refractivity contribution in [2.45, 2.75) is 11.8 Å². The number of nitrogens with one attached hydrogen (secondary N) is 2. The maximum absolute atomic E-state index is 12.3. The molecule has 0 bridgehead atoms. The zero-order valence-electron chi connectivity index (χ0n) is 14.1. The molecule has 0 aliphatic rings. The van der Waals surface area contributed by atoms with Gasteiger partial charge >= 0.3 is 0 Å². The second-order valence-electron chi connectivity index (χ2n) is 5.33. The first-order valence-corrected chi connectivity index (χ1v) is 10.1. The molecule has 0 aliphatic carbocycles. The summed E-state index contributed by atoms with van der Waals surface area (Å²) in [5, 5.41) is 3.13. The highest BCUT2D eigenvalue weighted by Crippen LogP contribution is 2.28. The Bertz CT molecular complexity index is 1040. The smallest absolute Gasteiger partial charge is 0.257 e. The highest BCUT2D eigenvalue weighted by Gasteiger charge is 2.15. The van der Waals surface area contributed by atoms with Crippen LogP contribution in [0.5, 0.6) is 5.75 Å². The van der Waals surface area contributed by atoms with Gasteiger partial charge in [0.25, 0.3) is 5.91 Å². The number of nitrogens with zero attached hydrogens (tertiary/aromatic N) is 1. The number of carbonyl (C=O) groups excluding carboxylic acids is 1. The summed E-state index contributed by atoms with van der Waals surface area (Å²) in [5.41, 5.74) is 1.09. The van der Waals surface area contributed by atoms with Gasteiger partial charge in [0.2, 0.25) is 10.0 Å². The van der Waals surface area contributed by atoms with Crippen molar-refractivity contribution in [1.29, 1.82) is 0 Å². The fourth-order valence-corrected chi connectivity index (χ4v) is 4.35. The van der Waals surface area contributed by atoms with Crippen molar-refractivity contribution in [3.8, 4) is 5.75 Å². The first-order chi connectivity index (χ1) is 12.4. The Morgan fingerprint density at radius 3 is 2.58 bits per heavy atom. The number of aromatic nitrogens is 1. The average molecular weight is 391 g/mol. The summed E-state index contributed by atoms with van der Waals surface area (Å²) in [6.45, 7) is 2.03. The van der Waals surface area contributed by atoms with Crippen molar-refractivity contribution in [2.75, 3.05) is 19.0 Å². The number of sulfonamides is 1. The lowest BCUT2D eigenvalue weighted by Gasteiger charge is -2.03. The lowest BCUT2D eigenvalue weighted by molar-refractivity contribution is 0.102. The lowest BCUT2D eigenvalue weighted by Crippen LogP contribution is -2.22. The molecule has 0 spiro atoms. The van der Waals surface area contributed by atoms with Gasteiger partial charge in [-0.15, -0.1) is 0 Å². The number of ether oxygens (including phenoxy) is 1. The van der Waals surface area contributed by atoms with Gasteiger partial charge in [-0.3, -0.25) is 10.1 Å². The van der Waals surface area contributed by atoms with Gasteiger partial charge in [0.05, 0.1) is 22.2 Å². The van der Waals surface area contributed by atoms with E-state index in [1.165, 1.54) is 17.4 Å². The van der Waals surface area contributed by atoms with E-state index < -0.39 is 10.0 Å². The summed E-state index contributed by atoms with van der Waals surface area (Å²) in [5.74, 6) is 0.364. The Morgan fingerprint density at radius 2 is 1.92 bits per heavy atom. The molecule has 2 N–H and O–H groups in total. The third-order valence-electron chi connectivity index (χ3n) is 3.58. The van der Waals surface area contributed by atoms with E-state index in [1.807, 2.05) is 0 Å². The van der Waals surface area contributed by atoms with Crippen LogP contribution >= 0.6 is 11.3 Å². The SMILES string of the molecule is CCNS(=O)(=O)c1ccc2nc(NC(=O)c3ccc(OC)cc3)sc2c1. The number of rotatable bonds is 6. The quantitative estimate of drug-likeness (QED) is 0.673. The van der Waals surface area contributed by atoms with E-state index in [-0.39, 0.29) is 10.8 Å². The van der Waals surface area contributed by atoms with Gasteiger partial charge in [0.15, 0.2) is 5.13 Å². The first-order valence-electron chi connectivity index (χ1n) is 7.78. The van der Waals surface area contributed by atoms with Gasteiger partial charge in [-0.05, 0) is 42.5 Å². The van der Waals surface area contributed by atoms with Crippen molar-refractivity contribution in [1.82, 2.24) is 9.71 Å². The molecule has 0 saturated carbocycles. The maximum Gasteiger partial charge on any atom is 0.257 e. The minimum atomic E-state index is -3.54. The van der Waals surface area contributed by atoms with Gasteiger partial charge in [-0.2, -0.15) is 0 Å². The van der Waals surface area contributed by atoms with Crippen LogP contribution in [0.15, 0.2) is 47.4 Å². The fraction of sp³-hybridized carbons (Fsp3) is 0.176. The number of thiazole rings is 1. The number of hydrogen-bond donors (Lipinski definition) is 2. The van der Waals surface area contributed by atoms with E-state index in [0.29, 0.717) is 33.2 Å². The van der Waals surface area contributed by atoms with E-state index in [2.05, 4.69) is 15.0 Å². The molecule has 1 aromatic heterocycles. The highest BCUT2D eigenvalue weighted by atomic mass is 32.2. The summed E-state index contributed by atoms with van der Waals surface area (Å²) < 4.78 is 32.4. The van der Waals surface area contributed by atoms with E-state index in [9.17, 15) is 13.2 Å². The third kappa shape index (κ3) is 3.85. The van der Waals surface area contributed by atoms with E-state index in [1.54, 1.807) is 50.4 Å².